The molecule has 30 heavy (non-hydrogen) atoms. The molecule has 2 saturated heterocycles. The Kier molecular flexibility index (Phi) is 7.99. The average Bonchev–Trinajstić information content (AvgIpc) is 3.06. The normalized spacial score (nSPS) is 17.6. The maximum absolute atomic E-state index is 11.4. The molecule has 2 aromatic carbocycles. The predicted octanol–water partition coefficient (Wildman–Crippen LogP) is 3.29. The second-order valence-electron chi connectivity index (χ2n) is 7.61. The van der Waals surface area contributed by atoms with Crippen LogP contribution < -0.4 is 10.9 Å². The Bertz CT molecular complexity index is 946. The van der Waals surface area contributed by atoms with Crippen LogP contribution in [0.4, 0.5) is 0 Å². The van der Waals surface area contributed by atoms with Gasteiger partial charge >= 0.3 is 0 Å². The topological polar surface area (TPSA) is 93.1 Å². The minimum Gasteiger partial charge on any atom is -0.504 e. The first-order valence-electron chi connectivity index (χ1n) is 10.4. The molecule has 6 nitrogen and oxygen atoms in total. The van der Waals surface area contributed by atoms with Gasteiger partial charge in [0.2, 0.25) is 10.9 Å². The lowest BCUT2D eigenvalue weighted by molar-refractivity contribution is 0.0852. The van der Waals surface area contributed by atoms with Crippen LogP contribution in [0.15, 0.2) is 58.1 Å². The van der Waals surface area contributed by atoms with Gasteiger partial charge in [-0.3, -0.25) is 9.59 Å². The van der Waals surface area contributed by atoms with Gasteiger partial charge in [-0.25, -0.2) is 0 Å². The van der Waals surface area contributed by atoms with Crippen molar-refractivity contribution in [2.24, 2.45) is 0 Å². The molecule has 0 saturated carbocycles. The van der Waals surface area contributed by atoms with Crippen molar-refractivity contribution in [3.8, 4) is 11.5 Å². The lowest BCUT2D eigenvalue weighted by atomic mass is 9.93. The summed E-state index contributed by atoms with van der Waals surface area (Å²) in [4.78, 5) is 22.6. The van der Waals surface area contributed by atoms with E-state index in [2.05, 4.69) is 0 Å². The molecule has 160 valence electrons. The van der Waals surface area contributed by atoms with Crippen LogP contribution in [0.25, 0.3) is 0 Å². The first kappa shape index (κ1) is 22.0. The number of aromatic hydroxyl groups is 2. The number of hydrogen-bond acceptors (Lipinski definition) is 6. The van der Waals surface area contributed by atoms with Gasteiger partial charge in [-0.2, -0.15) is 0 Å². The van der Waals surface area contributed by atoms with Crippen molar-refractivity contribution in [1.82, 2.24) is 0 Å². The first-order chi connectivity index (χ1) is 14.5. The van der Waals surface area contributed by atoms with Gasteiger partial charge in [0.25, 0.3) is 0 Å². The van der Waals surface area contributed by atoms with Crippen LogP contribution in [-0.2, 0) is 9.47 Å². The molecule has 0 aliphatic carbocycles. The molecule has 0 aromatic heterocycles. The maximum atomic E-state index is 11.4. The van der Waals surface area contributed by atoms with Gasteiger partial charge in [0.1, 0.15) is 0 Å². The van der Waals surface area contributed by atoms with Crippen LogP contribution in [-0.4, -0.2) is 36.6 Å². The molecular weight excluding hydrogens is 384 g/mol. The van der Waals surface area contributed by atoms with E-state index in [0.29, 0.717) is 11.8 Å². The van der Waals surface area contributed by atoms with E-state index in [9.17, 15) is 19.8 Å². The SMILES string of the molecule is O=c1cc(C2CCOCC2)cccc1O.O=c1ccc(C2CCOCC2)ccc1O. The molecule has 2 fully saturated rings. The summed E-state index contributed by atoms with van der Waals surface area (Å²) in [6, 6.07) is 13.1. The molecule has 0 unspecified atom stereocenters. The molecule has 4 rings (SSSR count). The van der Waals surface area contributed by atoms with Crippen molar-refractivity contribution in [2.75, 3.05) is 26.4 Å². The average molecular weight is 412 g/mol. The quantitative estimate of drug-likeness (QED) is 0.786. The van der Waals surface area contributed by atoms with E-state index >= 15 is 0 Å². The maximum Gasteiger partial charge on any atom is 0.220 e. The standard InChI is InChI=1S/2C12H14O3/c13-11-3-1-9(2-4-12(11)14)10-5-7-15-8-6-10;13-11-3-1-2-10(8-12(11)14)9-4-6-15-7-5-9/h1-4,10H,5-8H2,(H,13,14);1-3,8-9H,4-7H2,(H,13,14). The Balaban J connectivity index is 0.000000171. The van der Waals surface area contributed by atoms with E-state index in [4.69, 9.17) is 9.47 Å². The summed E-state index contributed by atoms with van der Waals surface area (Å²) < 4.78 is 10.6. The third-order valence-electron chi connectivity index (χ3n) is 5.59. The Morgan fingerprint density at radius 3 is 1.80 bits per heavy atom. The van der Waals surface area contributed by atoms with Gasteiger partial charge in [-0.1, -0.05) is 24.3 Å². The highest BCUT2D eigenvalue weighted by Crippen LogP contribution is 2.26. The molecule has 0 atom stereocenters. The van der Waals surface area contributed by atoms with Crippen LogP contribution in [0.5, 0.6) is 11.5 Å². The fourth-order valence-electron chi connectivity index (χ4n) is 3.76. The fourth-order valence-corrected chi connectivity index (χ4v) is 3.76. The first-order valence-corrected chi connectivity index (χ1v) is 10.4. The number of rotatable bonds is 2. The lowest BCUT2D eigenvalue weighted by Gasteiger charge is -2.21. The Hall–Kier alpha value is -2.70. The Labute approximate surface area is 175 Å². The third-order valence-corrected chi connectivity index (χ3v) is 5.59. The van der Waals surface area contributed by atoms with Gasteiger partial charge in [0.15, 0.2) is 11.5 Å². The molecular formula is C24H28O6. The molecule has 0 amide bonds. The van der Waals surface area contributed by atoms with Crippen LogP contribution >= 0.6 is 0 Å². The molecule has 2 aromatic rings. The number of hydrogen-bond donors (Lipinski definition) is 2. The molecule has 2 aliphatic heterocycles. The molecule has 0 spiro atoms. The summed E-state index contributed by atoms with van der Waals surface area (Å²) in [5, 5.41) is 18.5. The van der Waals surface area contributed by atoms with Crippen molar-refractivity contribution in [3.05, 3.63) is 80.1 Å². The molecule has 0 radical (unpaired) electrons. The largest absolute Gasteiger partial charge is 0.504 e. The van der Waals surface area contributed by atoms with Crippen molar-refractivity contribution < 1.29 is 19.7 Å². The predicted molar refractivity (Wildman–Crippen MR) is 114 cm³/mol. The van der Waals surface area contributed by atoms with Gasteiger partial charge in [0.05, 0.1) is 0 Å². The summed E-state index contributed by atoms with van der Waals surface area (Å²) in [6.07, 6.45) is 3.87. The molecule has 2 aliphatic rings. The zero-order valence-corrected chi connectivity index (χ0v) is 17.0. The van der Waals surface area contributed by atoms with E-state index in [1.165, 1.54) is 24.3 Å². The zero-order valence-electron chi connectivity index (χ0n) is 17.0. The second kappa shape index (κ2) is 10.9. The Morgan fingerprint density at radius 1 is 0.633 bits per heavy atom. The van der Waals surface area contributed by atoms with Gasteiger partial charge in [-0.15, -0.1) is 0 Å². The second-order valence-corrected chi connectivity index (χ2v) is 7.61. The van der Waals surface area contributed by atoms with Gasteiger partial charge < -0.3 is 19.7 Å². The molecule has 6 heteroatoms. The van der Waals surface area contributed by atoms with E-state index in [-0.39, 0.29) is 22.4 Å². The minimum absolute atomic E-state index is 0.187. The van der Waals surface area contributed by atoms with E-state index in [0.717, 1.165) is 63.2 Å². The minimum atomic E-state index is -0.326. The monoisotopic (exact) mass is 412 g/mol. The number of ether oxygens (including phenoxy) is 2. The van der Waals surface area contributed by atoms with E-state index in [1.807, 2.05) is 12.1 Å². The zero-order chi connectivity index (χ0) is 21.3. The van der Waals surface area contributed by atoms with Crippen LogP contribution in [0.1, 0.15) is 48.6 Å². The highest BCUT2D eigenvalue weighted by atomic mass is 16.5. The van der Waals surface area contributed by atoms with E-state index < -0.39 is 0 Å². The molecule has 0 bridgehead atoms. The van der Waals surface area contributed by atoms with Crippen LogP contribution in [0.3, 0.4) is 0 Å². The highest BCUT2D eigenvalue weighted by Gasteiger charge is 2.16. The fraction of sp³-hybridized carbons (Fsp3) is 0.417. The van der Waals surface area contributed by atoms with Crippen LogP contribution in [0.2, 0.25) is 0 Å². The van der Waals surface area contributed by atoms with Crippen molar-refractivity contribution in [3.63, 3.8) is 0 Å². The summed E-state index contributed by atoms with van der Waals surface area (Å²) in [7, 11) is 0. The summed E-state index contributed by atoms with van der Waals surface area (Å²) >= 11 is 0. The smallest absolute Gasteiger partial charge is 0.220 e. The molecule has 2 heterocycles. The lowest BCUT2D eigenvalue weighted by Crippen LogP contribution is -2.14. The summed E-state index contributed by atoms with van der Waals surface area (Å²) in [5.74, 6) is 0.463. The van der Waals surface area contributed by atoms with Crippen molar-refractivity contribution in [2.45, 2.75) is 37.5 Å². The van der Waals surface area contributed by atoms with E-state index in [1.54, 1.807) is 12.1 Å². The Morgan fingerprint density at radius 2 is 1.17 bits per heavy atom. The van der Waals surface area contributed by atoms with Crippen molar-refractivity contribution in [1.29, 1.82) is 0 Å². The summed E-state index contributed by atoms with van der Waals surface area (Å²) in [5.41, 5.74) is 1.48. The van der Waals surface area contributed by atoms with Crippen LogP contribution in [0, 0.1) is 0 Å². The third kappa shape index (κ3) is 6.15. The summed E-state index contributed by atoms with van der Waals surface area (Å²) in [6.45, 7) is 3.06. The van der Waals surface area contributed by atoms with Gasteiger partial charge in [0, 0.05) is 26.4 Å². The highest BCUT2D eigenvalue weighted by molar-refractivity contribution is 5.27. The molecule has 2 N–H and O–H groups in total. The van der Waals surface area contributed by atoms with Gasteiger partial charge in [-0.05, 0) is 72.9 Å². The van der Waals surface area contributed by atoms with Crippen molar-refractivity contribution >= 4 is 0 Å².